The van der Waals surface area contributed by atoms with Crippen molar-refractivity contribution in [3.63, 3.8) is 0 Å². The first-order valence-corrected chi connectivity index (χ1v) is 8.44. The quantitative estimate of drug-likeness (QED) is 0.820. The van der Waals surface area contributed by atoms with Crippen LogP contribution in [0, 0.1) is 0 Å². The summed E-state index contributed by atoms with van der Waals surface area (Å²) in [6, 6.07) is 9.13. The fraction of sp³-hybridized carbons (Fsp3) is 0.667. The first-order valence-electron chi connectivity index (χ1n) is 8.44. The molecule has 2 nitrogen and oxygen atoms in total. The molecule has 0 radical (unpaired) electrons. The molecule has 2 aliphatic rings. The lowest BCUT2D eigenvalue weighted by molar-refractivity contribution is 0.155. The molecular formula is C18H27NO. The molecule has 0 spiro atoms. The van der Waals surface area contributed by atoms with Gasteiger partial charge in [-0.1, -0.05) is 37.8 Å². The topological polar surface area (TPSA) is 21.3 Å². The predicted molar refractivity (Wildman–Crippen MR) is 84.4 cm³/mol. The van der Waals surface area contributed by atoms with Crippen LogP contribution in [0.25, 0.3) is 0 Å². The Morgan fingerprint density at radius 2 is 1.45 bits per heavy atom. The molecule has 0 amide bonds. The zero-order chi connectivity index (χ0) is 13.6. The zero-order valence-electron chi connectivity index (χ0n) is 12.4. The second-order valence-corrected chi connectivity index (χ2v) is 6.35. The van der Waals surface area contributed by atoms with Gasteiger partial charge in [0.05, 0.1) is 11.8 Å². The Labute approximate surface area is 122 Å². The molecule has 0 aliphatic heterocycles. The van der Waals surface area contributed by atoms with Crippen LogP contribution < -0.4 is 10.1 Å². The van der Waals surface area contributed by atoms with Gasteiger partial charge >= 0.3 is 0 Å². The van der Waals surface area contributed by atoms with E-state index >= 15 is 0 Å². The highest BCUT2D eigenvalue weighted by atomic mass is 16.5. The predicted octanol–water partition coefficient (Wildman–Crippen LogP) is 5.14. The molecule has 0 saturated heterocycles. The summed E-state index contributed by atoms with van der Waals surface area (Å²) >= 11 is 0. The smallest absolute Gasteiger partial charge is 0.142 e. The average Bonchev–Trinajstić information content (AvgIpc) is 2.51. The van der Waals surface area contributed by atoms with Gasteiger partial charge in [0, 0.05) is 6.04 Å². The molecule has 3 rings (SSSR count). The highest BCUT2D eigenvalue weighted by Crippen LogP contribution is 2.31. The summed E-state index contributed by atoms with van der Waals surface area (Å²) in [6.07, 6.45) is 13.6. The monoisotopic (exact) mass is 273 g/mol. The minimum Gasteiger partial charge on any atom is -0.488 e. The van der Waals surface area contributed by atoms with Gasteiger partial charge < -0.3 is 10.1 Å². The van der Waals surface area contributed by atoms with E-state index in [0.717, 1.165) is 5.75 Å². The van der Waals surface area contributed by atoms with E-state index in [9.17, 15) is 0 Å². The fourth-order valence-electron chi connectivity index (χ4n) is 3.52. The van der Waals surface area contributed by atoms with Gasteiger partial charge in [-0.05, 0) is 50.7 Å². The molecule has 0 aromatic heterocycles. The third-order valence-corrected chi connectivity index (χ3v) is 4.70. The summed E-state index contributed by atoms with van der Waals surface area (Å²) in [5, 5.41) is 3.71. The second kappa shape index (κ2) is 7.01. The van der Waals surface area contributed by atoms with Crippen LogP contribution in [0.1, 0.15) is 64.2 Å². The Hall–Kier alpha value is -1.18. The Bertz CT molecular complexity index is 367. The van der Waals surface area contributed by atoms with Crippen molar-refractivity contribution < 1.29 is 4.74 Å². The molecule has 2 fully saturated rings. The van der Waals surface area contributed by atoms with E-state index in [0.29, 0.717) is 12.1 Å². The third kappa shape index (κ3) is 3.68. The minimum atomic E-state index is 0.429. The number of benzene rings is 1. The maximum atomic E-state index is 6.27. The summed E-state index contributed by atoms with van der Waals surface area (Å²) in [5.41, 5.74) is 1.20. The lowest BCUT2D eigenvalue weighted by atomic mass is 9.95. The van der Waals surface area contributed by atoms with Crippen molar-refractivity contribution >= 4 is 5.69 Å². The molecule has 2 aliphatic carbocycles. The Morgan fingerprint density at radius 3 is 2.20 bits per heavy atom. The lowest BCUT2D eigenvalue weighted by Crippen LogP contribution is -2.24. The molecule has 0 heterocycles. The average molecular weight is 273 g/mol. The van der Waals surface area contributed by atoms with Crippen molar-refractivity contribution in [2.45, 2.75) is 76.4 Å². The lowest BCUT2D eigenvalue weighted by Gasteiger charge is -2.27. The van der Waals surface area contributed by atoms with Gasteiger partial charge in [-0.2, -0.15) is 0 Å². The van der Waals surface area contributed by atoms with Crippen molar-refractivity contribution in [1.82, 2.24) is 0 Å². The van der Waals surface area contributed by atoms with Crippen LogP contribution in [0.5, 0.6) is 5.75 Å². The summed E-state index contributed by atoms with van der Waals surface area (Å²) in [5.74, 6) is 1.06. The van der Waals surface area contributed by atoms with Crippen molar-refractivity contribution in [3.8, 4) is 5.75 Å². The summed E-state index contributed by atoms with van der Waals surface area (Å²) in [4.78, 5) is 0. The molecule has 2 heteroatoms. The van der Waals surface area contributed by atoms with Crippen molar-refractivity contribution in [1.29, 1.82) is 0 Å². The number of hydrogen-bond acceptors (Lipinski definition) is 2. The first kappa shape index (κ1) is 13.8. The van der Waals surface area contributed by atoms with Crippen LogP contribution in [-0.2, 0) is 0 Å². The van der Waals surface area contributed by atoms with E-state index in [1.165, 1.54) is 69.9 Å². The van der Waals surface area contributed by atoms with Gasteiger partial charge in [-0.3, -0.25) is 0 Å². The first-order chi connectivity index (χ1) is 9.92. The minimum absolute atomic E-state index is 0.429. The summed E-state index contributed by atoms with van der Waals surface area (Å²) in [7, 11) is 0. The number of hydrogen-bond donors (Lipinski definition) is 1. The van der Waals surface area contributed by atoms with Gasteiger partial charge in [0.25, 0.3) is 0 Å². The van der Waals surface area contributed by atoms with Crippen molar-refractivity contribution in [3.05, 3.63) is 24.3 Å². The largest absolute Gasteiger partial charge is 0.488 e. The van der Waals surface area contributed by atoms with E-state index in [-0.39, 0.29) is 0 Å². The molecule has 20 heavy (non-hydrogen) atoms. The van der Waals surface area contributed by atoms with Crippen LogP contribution in [0.4, 0.5) is 5.69 Å². The van der Waals surface area contributed by atoms with Crippen LogP contribution >= 0.6 is 0 Å². The number of nitrogens with one attached hydrogen (secondary N) is 1. The van der Waals surface area contributed by atoms with Crippen LogP contribution in [0.2, 0.25) is 0 Å². The zero-order valence-corrected chi connectivity index (χ0v) is 12.4. The Kier molecular flexibility index (Phi) is 4.83. The van der Waals surface area contributed by atoms with E-state index in [1.54, 1.807) is 0 Å². The molecular weight excluding hydrogens is 246 g/mol. The molecule has 1 aromatic carbocycles. The van der Waals surface area contributed by atoms with Crippen molar-refractivity contribution in [2.75, 3.05) is 5.32 Å². The molecule has 1 N–H and O–H groups in total. The van der Waals surface area contributed by atoms with Gasteiger partial charge in [-0.25, -0.2) is 0 Å². The van der Waals surface area contributed by atoms with Gasteiger partial charge in [0.1, 0.15) is 5.75 Å². The van der Waals surface area contributed by atoms with E-state index in [4.69, 9.17) is 4.74 Å². The van der Waals surface area contributed by atoms with Crippen LogP contribution in [0.15, 0.2) is 24.3 Å². The van der Waals surface area contributed by atoms with Crippen molar-refractivity contribution in [2.24, 2.45) is 0 Å². The third-order valence-electron chi connectivity index (χ3n) is 4.70. The Morgan fingerprint density at radius 1 is 0.800 bits per heavy atom. The maximum absolute atomic E-state index is 6.27. The fourth-order valence-corrected chi connectivity index (χ4v) is 3.52. The molecule has 2 saturated carbocycles. The number of anilines is 1. The number of ether oxygens (including phenoxy) is 1. The van der Waals surface area contributed by atoms with E-state index < -0.39 is 0 Å². The second-order valence-electron chi connectivity index (χ2n) is 6.35. The van der Waals surface area contributed by atoms with E-state index in [1.807, 2.05) is 0 Å². The summed E-state index contributed by atoms with van der Waals surface area (Å²) < 4.78 is 6.27. The standard InChI is InChI=1S/C18H27NO/c1-3-9-15(10-4-1)19-17-13-7-8-14-18(17)20-16-11-5-2-6-12-16/h7-8,13-16,19H,1-6,9-12H2. The Balaban J connectivity index is 1.63. The van der Waals surface area contributed by atoms with Crippen LogP contribution in [-0.4, -0.2) is 12.1 Å². The molecule has 0 unspecified atom stereocenters. The number of para-hydroxylation sites is 2. The molecule has 1 aromatic rings. The van der Waals surface area contributed by atoms with E-state index in [2.05, 4.69) is 29.6 Å². The van der Waals surface area contributed by atoms with Gasteiger partial charge in [-0.15, -0.1) is 0 Å². The highest BCUT2D eigenvalue weighted by molar-refractivity contribution is 5.56. The maximum Gasteiger partial charge on any atom is 0.142 e. The van der Waals surface area contributed by atoms with Gasteiger partial charge in [0.15, 0.2) is 0 Å². The SMILES string of the molecule is c1ccc(OC2CCCCC2)c(NC2CCCCC2)c1. The molecule has 0 atom stereocenters. The highest BCUT2D eigenvalue weighted by Gasteiger charge is 2.18. The normalized spacial score (nSPS) is 21.6. The summed E-state index contributed by atoms with van der Waals surface area (Å²) in [6.45, 7) is 0. The number of rotatable bonds is 4. The van der Waals surface area contributed by atoms with Crippen LogP contribution in [0.3, 0.4) is 0 Å². The van der Waals surface area contributed by atoms with Gasteiger partial charge in [0.2, 0.25) is 0 Å². The molecule has 0 bridgehead atoms. The molecule has 110 valence electrons.